The lowest BCUT2D eigenvalue weighted by molar-refractivity contribution is 0.102. The number of aromatic nitrogens is 2. The summed E-state index contributed by atoms with van der Waals surface area (Å²) >= 11 is 2.89. The molecule has 3 aromatic rings. The van der Waals surface area contributed by atoms with Crippen LogP contribution < -0.4 is 4.74 Å². The number of carbonyl (C=O) groups excluding carboxylic acids is 1. The molecule has 5 nitrogen and oxygen atoms in total. The van der Waals surface area contributed by atoms with Crippen molar-refractivity contribution < 1.29 is 13.9 Å². The molecule has 0 radical (unpaired) electrons. The summed E-state index contributed by atoms with van der Waals surface area (Å²) in [4.78, 5) is 14.5. The van der Waals surface area contributed by atoms with Gasteiger partial charge in [-0.2, -0.15) is 0 Å². The lowest BCUT2D eigenvalue weighted by Crippen LogP contribution is -2.02. The summed E-state index contributed by atoms with van der Waals surface area (Å²) in [7, 11) is 1.62. The Kier molecular flexibility index (Phi) is 5.01. The third kappa shape index (κ3) is 3.68. The van der Waals surface area contributed by atoms with Crippen LogP contribution in [0.3, 0.4) is 0 Å². The van der Waals surface area contributed by atoms with E-state index in [1.54, 1.807) is 18.4 Å². The Balaban J connectivity index is 1.65. The number of ether oxygens (including phenoxy) is 1. The number of thioether (sulfide) groups is 1. The van der Waals surface area contributed by atoms with Gasteiger partial charge in [0.2, 0.25) is 5.89 Å². The number of methoxy groups -OCH3 is 1. The van der Waals surface area contributed by atoms with Gasteiger partial charge in [0, 0.05) is 20.9 Å². The molecule has 7 heteroatoms. The zero-order valence-electron chi connectivity index (χ0n) is 13.5. The van der Waals surface area contributed by atoms with Crippen LogP contribution in [-0.2, 0) is 0 Å². The third-order valence-corrected chi connectivity index (χ3v) is 5.20. The molecule has 1 aromatic carbocycles. The first-order valence-electron chi connectivity index (χ1n) is 7.28. The van der Waals surface area contributed by atoms with Crippen molar-refractivity contribution in [2.24, 2.45) is 0 Å². The van der Waals surface area contributed by atoms with Crippen molar-refractivity contribution in [3.05, 3.63) is 45.6 Å². The van der Waals surface area contributed by atoms with Crippen molar-refractivity contribution in [3.8, 4) is 17.2 Å². The first-order chi connectivity index (χ1) is 11.6. The second-order valence-electron chi connectivity index (χ2n) is 5.14. The van der Waals surface area contributed by atoms with Gasteiger partial charge in [-0.05, 0) is 44.2 Å². The molecule has 0 N–H and O–H groups in total. The van der Waals surface area contributed by atoms with E-state index in [2.05, 4.69) is 10.2 Å². The molecule has 124 valence electrons. The van der Waals surface area contributed by atoms with Crippen molar-refractivity contribution >= 4 is 28.9 Å². The molecule has 0 unspecified atom stereocenters. The fourth-order valence-electron chi connectivity index (χ4n) is 2.23. The Bertz CT molecular complexity index is 853. The summed E-state index contributed by atoms with van der Waals surface area (Å²) in [6.07, 6.45) is 0. The van der Waals surface area contributed by atoms with Gasteiger partial charge < -0.3 is 9.15 Å². The third-order valence-electron chi connectivity index (χ3n) is 3.41. The van der Waals surface area contributed by atoms with Crippen LogP contribution in [0.15, 0.2) is 40.0 Å². The molecule has 0 fully saturated rings. The lowest BCUT2D eigenvalue weighted by Gasteiger charge is -1.99. The Morgan fingerprint density at radius 2 is 2.00 bits per heavy atom. The molecule has 0 amide bonds. The van der Waals surface area contributed by atoms with Gasteiger partial charge in [-0.3, -0.25) is 4.79 Å². The number of hydrogen-bond acceptors (Lipinski definition) is 7. The van der Waals surface area contributed by atoms with Crippen molar-refractivity contribution in [1.82, 2.24) is 10.2 Å². The summed E-state index contributed by atoms with van der Waals surface area (Å²) in [6, 6.07) is 9.29. The van der Waals surface area contributed by atoms with E-state index >= 15 is 0 Å². The molecule has 0 bridgehead atoms. The number of ketones is 1. The molecule has 2 heterocycles. The predicted octanol–water partition coefficient (Wildman–Crippen LogP) is 4.40. The van der Waals surface area contributed by atoms with E-state index in [1.165, 1.54) is 11.8 Å². The number of Topliss-reactive ketones (excluding diaryl/α,β-unsaturated/α-hetero) is 1. The molecule has 0 spiro atoms. The molecular weight excluding hydrogens is 344 g/mol. The number of thiophene rings is 1. The Hall–Kier alpha value is -2.12. The zero-order chi connectivity index (χ0) is 17.1. The van der Waals surface area contributed by atoms with Crippen molar-refractivity contribution in [1.29, 1.82) is 0 Å². The molecular formula is C17H16N2O3S2. The number of aryl methyl sites for hydroxylation is 2. The summed E-state index contributed by atoms with van der Waals surface area (Å²) in [5, 5.41) is 8.41. The lowest BCUT2D eigenvalue weighted by atomic mass is 10.2. The Morgan fingerprint density at radius 1 is 1.25 bits per heavy atom. The summed E-state index contributed by atoms with van der Waals surface area (Å²) < 4.78 is 10.7. The second kappa shape index (κ2) is 7.19. The van der Waals surface area contributed by atoms with Crippen LogP contribution in [-0.4, -0.2) is 28.8 Å². The number of carbonyl (C=O) groups is 1. The number of hydrogen-bond donors (Lipinski definition) is 0. The normalized spacial score (nSPS) is 10.8. The standard InChI is InChI=1S/C17H16N2O3S2/c1-10-8-14(11(2)24-10)15(20)9-23-17-19-18-16(22-17)12-4-6-13(21-3)7-5-12/h4-8H,9H2,1-3H3. The van der Waals surface area contributed by atoms with E-state index in [0.717, 1.165) is 26.6 Å². The van der Waals surface area contributed by atoms with Crippen LogP contribution in [0.1, 0.15) is 20.1 Å². The SMILES string of the molecule is COc1ccc(-c2nnc(SCC(=O)c3cc(C)sc3C)o2)cc1. The van der Waals surface area contributed by atoms with E-state index in [-0.39, 0.29) is 11.5 Å². The van der Waals surface area contributed by atoms with Crippen LogP contribution >= 0.6 is 23.1 Å². The Labute approximate surface area is 148 Å². The maximum atomic E-state index is 12.3. The Morgan fingerprint density at radius 3 is 2.62 bits per heavy atom. The predicted molar refractivity (Wildman–Crippen MR) is 95.1 cm³/mol. The highest BCUT2D eigenvalue weighted by molar-refractivity contribution is 7.99. The van der Waals surface area contributed by atoms with Crippen LogP contribution in [0.2, 0.25) is 0 Å². The summed E-state index contributed by atoms with van der Waals surface area (Å²) in [5.41, 5.74) is 1.59. The molecule has 0 aliphatic heterocycles. The summed E-state index contributed by atoms with van der Waals surface area (Å²) in [5.74, 6) is 1.54. The van der Waals surface area contributed by atoms with Gasteiger partial charge in [0.15, 0.2) is 5.78 Å². The quantitative estimate of drug-likeness (QED) is 0.479. The minimum Gasteiger partial charge on any atom is -0.497 e. The van der Waals surface area contributed by atoms with Gasteiger partial charge in [-0.1, -0.05) is 11.8 Å². The van der Waals surface area contributed by atoms with Crippen LogP contribution in [0, 0.1) is 13.8 Å². The van der Waals surface area contributed by atoms with Gasteiger partial charge in [-0.15, -0.1) is 21.5 Å². The van der Waals surface area contributed by atoms with Gasteiger partial charge >= 0.3 is 0 Å². The van der Waals surface area contributed by atoms with E-state index in [1.807, 2.05) is 44.2 Å². The first-order valence-corrected chi connectivity index (χ1v) is 9.08. The highest BCUT2D eigenvalue weighted by atomic mass is 32.2. The monoisotopic (exact) mass is 360 g/mol. The average Bonchev–Trinajstić information content (AvgIpc) is 3.19. The molecule has 0 saturated heterocycles. The molecule has 3 rings (SSSR count). The minimum absolute atomic E-state index is 0.0750. The second-order valence-corrected chi connectivity index (χ2v) is 7.53. The largest absolute Gasteiger partial charge is 0.497 e. The van der Waals surface area contributed by atoms with Crippen LogP contribution in [0.5, 0.6) is 5.75 Å². The van der Waals surface area contributed by atoms with Gasteiger partial charge in [0.05, 0.1) is 12.9 Å². The number of rotatable bonds is 6. The van der Waals surface area contributed by atoms with E-state index in [0.29, 0.717) is 11.1 Å². The zero-order valence-corrected chi connectivity index (χ0v) is 15.2. The van der Waals surface area contributed by atoms with Crippen LogP contribution in [0.4, 0.5) is 0 Å². The molecule has 2 aromatic heterocycles. The highest BCUT2D eigenvalue weighted by Gasteiger charge is 2.15. The molecule has 24 heavy (non-hydrogen) atoms. The van der Waals surface area contributed by atoms with Crippen molar-refractivity contribution in [2.45, 2.75) is 19.1 Å². The van der Waals surface area contributed by atoms with Gasteiger partial charge in [0.1, 0.15) is 5.75 Å². The van der Waals surface area contributed by atoms with Crippen molar-refractivity contribution in [3.63, 3.8) is 0 Å². The topological polar surface area (TPSA) is 65.2 Å². The minimum atomic E-state index is 0.0750. The fourth-order valence-corrected chi connectivity index (χ4v) is 3.82. The smallest absolute Gasteiger partial charge is 0.277 e. The fraction of sp³-hybridized carbons (Fsp3) is 0.235. The maximum Gasteiger partial charge on any atom is 0.277 e. The summed E-state index contributed by atoms with van der Waals surface area (Å²) in [6.45, 7) is 3.96. The van der Waals surface area contributed by atoms with E-state index < -0.39 is 0 Å². The molecule has 0 saturated carbocycles. The maximum absolute atomic E-state index is 12.3. The van der Waals surface area contributed by atoms with E-state index in [4.69, 9.17) is 9.15 Å². The van der Waals surface area contributed by atoms with Crippen molar-refractivity contribution in [2.75, 3.05) is 12.9 Å². The molecule has 0 aliphatic carbocycles. The van der Waals surface area contributed by atoms with Crippen LogP contribution in [0.25, 0.3) is 11.5 Å². The number of nitrogens with zero attached hydrogens (tertiary/aromatic N) is 2. The van der Waals surface area contributed by atoms with E-state index in [9.17, 15) is 4.79 Å². The average molecular weight is 360 g/mol. The highest BCUT2D eigenvalue weighted by Crippen LogP contribution is 2.27. The first kappa shape index (κ1) is 16.7. The number of benzene rings is 1. The van der Waals surface area contributed by atoms with Gasteiger partial charge in [0.25, 0.3) is 5.22 Å². The van der Waals surface area contributed by atoms with Gasteiger partial charge in [-0.25, -0.2) is 0 Å². The molecule has 0 atom stereocenters. The molecule has 0 aliphatic rings.